The maximum atomic E-state index is 7.59. The van der Waals surface area contributed by atoms with Crippen LogP contribution in [0.4, 0.5) is 0 Å². The average Bonchev–Trinajstić information content (AvgIpc) is 1.42. The summed E-state index contributed by atoms with van der Waals surface area (Å²) < 4.78 is 0. The van der Waals surface area contributed by atoms with Crippen LogP contribution in [0.3, 0.4) is 0 Å². The Hall–Kier alpha value is -0.0800. The minimum absolute atomic E-state index is 0.250. The molecule has 0 saturated carbocycles. The number of rotatable bonds is 1. The van der Waals surface area contributed by atoms with Gasteiger partial charge in [-0.3, -0.25) is 11.5 Å². The van der Waals surface area contributed by atoms with Crippen molar-refractivity contribution in [2.24, 2.45) is 5.41 Å². The Balaban J connectivity index is 0. The molecule has 14 heavy (non-hydrogen) atoms. The predicted molar refractivity (Wildman–Crippen MR) is 64.1 cm³/mol. The molecule has 2 heteroatoms. The van der Waals surface area contributed by atoms with E-state index in [2.05, 4.69) is 20.8 Å². The van der Waals surface area contributed by atoms with E-state index in [0.717, 1.165) is 6.42 Å². The van der Waals surface area contributed by atoms with Gasteiger partial charge in [0.25, 0.3) is 0 Å². The molecule has 0 atom stereocenters. The third kappa shape index (κ3) is 40.6. The van der Waals surface area contributed by atoms with Gasteiger partial charge in [0.1, 0.15) is 0 Å². The molecule has 0 aromatic rings. The Morgan fingerprint density at radius 2 is 0.929 bits per heavy atom. The van der Waals surface area contributed by atoms with E-state index in [4.69, 9.17) is 11.5 Å². The molecule has 0 rings (SSSR count). The fraction of sp³-hybridized carbons (Fsp3) is 1.00. The van der Waals surface area contributed by atoms with Gasteiger partial charge in [0.05, 0.1) is 0 Å². The summed E-state index contributed by atoms with van der Waals surface area (Å²) in [5.74, 6) is 0. The van der Waals surface area contributed by atoms with Crippen molar-refractivity contribution >= 4 is 0 Å². The van der Waals surface area contributed by atoms with Gasteiger partial charge in [-0.25, -0.2) is 0 Å². The van der Waals surface area contributed by atoms with Crippen LogP contribution < -0.4 is 11.5 Å². The minimum atomic E-state index is -0.266. The molecule has 0 amide bonds. The largest absolute Gasteiger partial charge is 0.252 e. The van der Waals surface area contributed by atoms with E-state index >= 15 is 0 Å². The summed E-state index contributed by atoms with van der Waals surface area (Å²) in [5.41, 5.74) is 14.3. The molecule has 2 N–H and O–H groups in total. The highest BCUT2D eigenvalue weighted by Gasteiger charge is 2.21. The van der Waals surface area contributed by atoms with Crippen LogP contribution in [0.25, 0.3) is 0 Å². The van der Waals surface area contributed by atoms with Crippen molar-refractivity contribution < 1.29 is 0 Å². The van der Waals surface area contributed by atoms with Crippen molar-refractivity contribution in [3.05, 3.63) is 0 Å². The molecule has 0 saturated heterocycles. The zero-order chi connectivity index (χ0) is 12.2. The molecular weight excluding hydrogens is 172 g/mol. The Labute approximate surface area is 90.4 Å². The number of hydrogen-bond acceptors (Lipinski definition) is 0. The topological polar surface area (TPSA) is 47.6 Å². The maximum Gasteiger partial charge on any atom is 0.0272 e. The molecule has 0 aliphatic heterocycles. The first-order valence-electron chi connectivity index (χ1n) is 5.21. The Kier molecular flexibility index (Phi) is 5.99. The van der Waals surface area contributed by atoms with Gasteiger partial charge in [-0.2, -0.15) is 0 Å². The summed E-state index contributed by atoms with van der Waals surface area (Å²) >= 11 is 0. The van der Waals surface area contributed by atoms with Crippen LogP contribution in [0.1, 0.15) is 61.8 Å². The molecule has 0 heterocycles. The Morgan fingerprint density at radius 3 is 0.929 bits per heavy atom. The summed E-state index contributed by atoms with van der Waals surface area (Å²) in [4.78, 5) is 0. The highest BCUT2D eigenvalue weighted by atomic mass is 14.7. The lowest BCUT2D eigenvalue weighted by Gasteiger charge is -2.27. The van der Waals surface area contributed by atoms with Crippen LogP contribution in [-0.4, -0.2) is 11.1 Å². The first-order valence-corrected chi connectivity index (χ1v) is 5.21. The number of hydrogen-bond donors (Lipinski definition) is 0. The molecule has 86 valence electrons. The lowest BCUT2D eigenvalue weighted by atomic mass is 9.82. The second kappa shape index (κ2) is 5.13. The van der Waals surface area contributed by atoms with E-state index in [-0.39, 0.29) is 11.1 Å². The zero-order valence-electron chi connectivity index (χ0n) is 11.2. The summed E-state index contributed by atoms with van der Waals surface area (Å²) in [6.45, 7) is 16.0. The van der Waals surface area contributed by atoms with Gasteiger partial charge < -0.3 is 0 Å². The van der Waals surface area contributed by atoms with Gasteiger partial charge in [0, 0.05) is 11.1 Å². The lowest BCUT2D eigenvalue weighted by molar-refractivity contribution is 0.280. The van der Waals surface area contributed by atoms with Gasteiger partial charge in [0.2, 0.25) is 0 Å². The van der Waals surface area contributed by atoms with E-state index in [1.54, 1.807) is 0 Å². The third-order valence-electron chi connectivity index (χ3n) is 0.972. The molecule has 2 radical (unpaired) electrons. The zero-order valence-corrected chi connectivity index (χ0v) is 11.2. The van der Waals surface area contributed by atoms with E-state index in [0.29, 0.717) is 5.41 Å². The van der Waals surface area contributed by atoms with E-state index < -0.39 is 0 Å². The van der Waals surface area contributed by atoms with Gasteiger partial charge in [0.15, 0.2) is 0 Å². The first-order chi connectivity index (χ1) is 5.71. The molecule has 0 aliphatic carbocycles. The second-order valence-electron chi connectivity index (χ2n) is 6.87. The smallest absolute Gasteiger partial charge is 0.0272 e. The third-order valence-corrected chi connectivity index (χ3v) is 0.972. The summed E-state index contributed by atoms with van der Waals surface area (Å²) in [6, 6.07) is 0. The standard InChI is InChI=1S/C8H18N.C4H10N/c1-7(2,3)6-8(4,5)9;1-4(2,3)5/h9H,6H2,1-5H3;5H,1-3H3. The van der Waals surface area contributed by atoms with Crippen LogP contribution in [0.2, 0.25) is 0 Å². The van der Waals surface area contributed by atoms with Crippen molar-refractivity contribution in [3.8, 4) is 0 Å². The molecule has 0 aliphatic rings. The fourth-order valence-corrected chi connectivity index (χ4v) is 1.33. The van der Waals surface area contributed by atoms with Crippen molar-refractivity contribution in [1.82, 2.24) is 11.5 Å². The molecule has 0 bridgehead atoms. The Morgan fingerprint density at radius 1 is 0.714 bits per heavy atom. The molecule has 0 spiro atoms. The minimum Gasteiger partial charge on any atom is -0.252 e. The van der Waals surface area contributed by atoms with Crippen LogP contribution in [0.15, 0.2) is 0 Å². The summed E-state index contributed by atoms with van der Waals surface area (Å²) in [5, 5.41) is 0. The predicted octanol–water partition coefficient (Wildman–Crippen LogP) is 3.55. The lowest BCUT2D eigenvalue weighted by Crippen LogP contribution is -2.27. The highest BCUT2D eigenvalue weighted by Crippen LogP contribution is 2.25. The van der Waals surface area contributed by atoms with Gasteiger partial charge >= 0.3 is 0 Å². The van der Waals surface area contributed by atoms with Crippen LogP contribution >= 0.6 is 0 Å². The van der Waals surface area contributed by atoms with Crippen molar-refractivity contribution in [2.45, 2.75) is 72.9 Å². The number of nitrogens with one attached hydrogen (secondary N) is 2. The maximum absolute atomic E-state index is 7.59. The van der Waals surface area contributed by atoms with Gasteiger partial charge in [-0.05, 0) is 46.5 Å². The molecule has 0 unspecified atom stereocenters. The second-order valence-corrected chi connectivity index (χ2v) is 6.87. The summed E-state index contributed by atoms with van der Waals surface area (Å²) in [7, 11) is 0. The first kappa shape index (κ1) is 16.4. The van der Waals surface area contributed by atoms with Crippen molar-refractivity contribution in [2.75, 3.05) is 0 Å². The van der Waals surface area contributed by atoms with Crippen LogP contribution in [-0.2, 0) is 0 Å². The normalized spacial score (nSPS) is 13.3. The van der Waals surface area contributed by atoms with Crippen LogP contribution in [0.5, 0.6) is 0 Å². The van der Waals surface area contributed by atoms with E-state index in [1.807, 2.05) is 34.6 Å². The van der Waals surface area contributed by atoms with E-state index in [1.165, 1.54) is 0 Å². The van der Waals surface area contributed by atoms with E-state index in [9.17, 15) is 0 Å². The quantitative estimate of drug-likeness (QED) is 0.621. The molecule has 0 fully saturated rings. The monoisotopic (exact) mass is 200 g/mol. The average molecular weight is 200 g/mol. The van der Waals surface area contributed by atoms with Gasteiger partial charge in [-0.1, -0.05) is 20.8 Å². The summed E-state index contributed by atoms with van der Waals surface area (Å²) in [6.07, 6.45) is 0.958. The van der Waals surface area contributed by atoms with Crippen LogP contribution in [0, 0.1) is 5.41 Å². The molecular formula is C12H28N2. The molecule has 0 aromatic carbocycles. The molecule has 2 nitrogen and oxygen atoms in total. The SMILES string of the molecule is CC(C)(C)CC(C)(C)[NH].CC(C)(C)[NH]. The van der Waals surface area contributed by atoms with Crippen molar-refractivity contribution in [1.29, 1.82) is 0 Å². The molecule has 0 aromatic heterocycles. The van der Waals surface area contributed by atoms with Gasteiger partial charge in [-0.15, -0.1) is 0 Å². The Bertz CT molecular complexity index is 123. The highest BCUT2D eigenvalue weighted by molar-refractivity contribution is 4.78. The van der Waals surface area contributed by atoms with Crippen molar-refractivity contribution in [3.63, 3.8) is 0 Å². The fourth-order valence-electron chi connectivity index (χ4n) is 1.33.